The molecule has 0 fully saturated rings. The van der Waals surface area contributed by atoms with E-state index in [-0.39, 0.29) is 6.61 Å². The summed E-state index contributed by atoms with van der Waals surface area (Å²) in [6.45, 7) is 0.270. The van der Waals surface area contributed by atoms with Gasteiger partial charge in [-0.05, 0) is 0 Å². The molecule has 0 atom stereocenters. The van der Waals surface area contributed by atoms with Gasteiger partial charge in [0.15, 0.2) is 0 Å². The molecule has 5 nitrogen and oxygen atoms in total. The lowest BCUT2D eigenvalue weighted by Crippen LogP contribution is -2.01. The number of aromatic amines is 1. The minimum atomic E-state index is 0.270. The molecule has 0 aliphatic rings. The molecule has 0 unspecified atom stereocenters. The molecule has 0 amide bonds. The topological polar surface area (TPSA) is 90.0 Å². The number of H-pyrrole nitrogens is 1. The van der Waals surface area contributed by atoms with E-state index in [0.717, 1.165) is 0 Å². The van der Waals surface area contributed by atoms with Gasteiger partial charge in [0.25, 0.3) is 0 Å². The molecule has 0 spiro atoms. The Kier molecular flexibility index (Phi) is 1.66. The fourth-order valence-electron chi connectivity index (χ4n) is 0.531. The molecule has 0 aromatic carbocycles. The lowest BCUT2D eigenvalue weighted by atomic mass is 10.5. The Morgan fingerprint density at radius 2 is 2.56 bits per heavy atom. The van der Waals surface area contributed by atoms with Crippen molar-refractivity contribution in [2.45, 2.75) is 6.61 Å². The quantitative estimate of drug-likeness (QED) is 0.463. The van der Waals surface area contributed by atoms with E-state index < -0.39 is 0 Å². The number of imidazole rings is 1. The van der Waals surface area contributed by atoms with Crippen LogP contribution in [0.25, 0.3) is 0 Å². The van der Waals surface area contributed by atoms with Crippen molar-refractivity contribution >= 4 is 5.82 Å². The smallest absolute Gasteiger partial charge is 0.147 e. The average Bonchev–Trinajstić information content (AvgIpc) is 2.18. The van der Waals surface area contributed by atoms with Crippen LogP contribution in [0.4, 0.5) is 5.82 Å². The highest BCUT2D eigenvalue weighted by Gasteiger charge is 1.97. The molecule has 0 saturated carbocycles. The van der Waals surface area contributed by atoms with Gasteiger partial charge < -0.3 is 10.7 Å². The van der Waals surface area contributed by atoms with E-state index in [1.54, 1.807) is 0 Å². The van der Waals surface area contributed by atoms with Crippen LogP contribution < -0.4 is 11.6 Å². The van der Waals surface area contributed by atoms with Crippen molar-refractivity contribution < 1.29 is 4.84 Å². The number of nitrogens with zero attached hydrogens (tertiary/aromatic N) is 1. The number of hydrogen-bond acceptors (Lipinski definition) is 4. The minimum Gasteiger partial charge on any atom is -0.382 e. The first-order valence-electron chi connectivity index (χ1n) is 2.44. The molecule has 5 N–H and O–H groups in total. The average molecular weight is 128 g/mol. The highest BCUT2D eigenvalue weighted by atomic mass is 16.6. The van der Waals surface area contributed by atoms with E-state index in [2.05, 4.69) is 14.8 Å². The first-order valence-corrected chi connectivity index (χ1v) is 2.44. The van der Waals surface area contributed by atoms with Crippen molar-refractivity contribution in [3.8, 4) is 0 Å². The summed E-state index contributed by atoms with van der Waals surface area (Å²) in [6, 6.07) is 0. The van der Waals surface area contributed by atoms with Gasteiger partial charge in [-0.25, -0.2) is 10.9 Å². The third-order valence-corrected chi connectivity index (χ3v) is 0.979. The Morgan fingerprint density at radius 1 is 1.78 bits per heavy atom. The van der Waals surface area contributed by atoms with Crippen LogP contribution in [-0.2, 0) is 11.4 Å². The minimum absolute atomic E-state index is 0.270. The number of nitrogen functional groups attached to an aromatic ring is 1. The van der Waals surface area contributed by atoms with Crippen LogP contribution in [0, 0.1) is 0 Å². The summed E-state index contributed by atoms with van der Waals surface area (Å²) in [5.74, 6) is 5.22. The van der Waals surface area contributed by atoms with Gasteiger partial charge in [-0.15, -0.1) is 0 Å². The third kappa shape index (κ3) is 1.18. The second-order valence-corrected chi connectivity index (χ2v) is 1.58. The lowest BCUT2D eigenvalue weighted by molar-refractivity contribution is 0.122. The second kappa shape index (κ2) is 2.47. The summed E-state index contributed by atoms with van der Waals surface area (Å²) >= 11 is 0. The molecule has 1 rings (SSSR count). The number of anilines is 1. The van der Waals surface area contributed by atoms with Crippen LogP contribution >= 0.6 is 0 Å². The molecule has 1 aromatic heterocycles. The Bertz CT molecular complexity index is 184. The second-order valence-electron chi connectivity index (χ2n) is 1.58. The molecule has 50 valence electrons. The van der Waals surface area contributed by atoms with E-state index in [4.69, 9.17) is 11.6 Å². The molecule has 1 aromatic rings. The van der Waals surface area contributed by atoms with Crippen molar-refractivity contribution in [2.24, 2.45) is 5.90 Å². The molecule has 1 heterocycles. The predicted octanol–water partition coefficient (Wildman–Crippen LogP) is -0.618. The molecule has 9 heavy (non-hydrogen) atoms. The van der Waals surface area contributed by atoms with E-state index in [1.807, 2.05) is 0 Å². The van der Waals surface area contributed by atoms with Crippen LogP contribution in [0.5, 0.6) is 0 Å². The molecule has 0 radical (unpaired) electrons. The normalized spacial score (nSPS) is 9.89. The van der Waals surface area contributed by atoms with Crippen LogP contribution in [0.2, 0.25) is 0 Å². The van der Waals surface area contributed by atoms with Gasteiger partial charge >= 0.3 is 0 Å². The van der Waals surface area contributed by atoms with Gasteiger partial charge in [-0.3, -0.25) is 4.84 Å². The molecule has 0 aliphatic carbocycles. The molecule has 0 saturated heterocycles. The highest BCUT2D eigenvalue weighted by Crippen LogP contribution is 2.02. The van der Waals surface area contributed by atoms with Crippen LogP contribution in [-0.4, -0.2) is 9.97 Å². The van der Waals surface area contributed by atoms with E-state index in [0.29, 0.717) is 11.5 Å². The maximum Gasteiger partial charge on any atom is 0.147 e. The monoisotopic (exact) mass is 128 g/mol. The van der Waals surface area contributed by atoms with Crippen LogP contribution in [0.15, 0.2) is 6.33 Å². The van der Waals surface area contributed by atoms with Gasteiger partial charge in [0.05, 0.1) is 12.0 Å². The number of rotatable bonds is 2. The Morgan fingerprint density at radius 3 is 3.00 bits per heavy atom. The number of aromatic nitrogens is 2. The summed E-state index contributed by atoms with van der Waals surface area (Å²) in [7, 11) is 0. The van der Waals surface area contributed by atoms with Crippen LogP contribution in [0.1, 0.15) is 5.69 Å². The van der Waals surface area contributed by atoms with Gasteiger partial charge in [0.2, 0.25) is 0 Å². The standard InChI is InChI=1S/C4H8N4O/c5-4-3(1-9-6)7-2-8-4/h2H,1,5-6H2,(H,7,8). The van der Waals surface area contributed by atoms with Crippen molar-refractivity contribution in [3.63, 3.8) is 0 Å². The van der Waals surface area contributed by atoms with E-state index in [1.165, 1.54) is 6.33 Å². The van der Waals surface area contributed by atoms with Crippen LogP contribution in [0.3, 0.4) is 0 Å². The maximum absolute atomic E-state index is 5.35. The summed E-state index contributed by atoms with van der Waals surface area (Å²) in [5, 5.41) is 0. The zero-order valence-corrected chi connectivity index (χ0v) is 4.79. The number of hydrogen-bond donors (Lipinski definition) is 3. The zero-order valence-electron chi connectivity index (χ0n) is 4.79. The summed E-state index contributed by atoms with van der Waals surface area (Å²) < 4.78 is 0. The predicted molar refractivity (Wildman–Crippen MR) is 32.0 cm³/mol. The fraction of sp³-hybridized carbons (Fsp3) is 0.250. The maximum atomic E-state index is 5.35. The summed E-state index contributed by atoms with van der Waals surface area (Å²) in [5.41, 5.74) is 6.05. The Balaban J connectivity index is 2.69. The molecular weight excluding hydrogens is 120 g/mol. The van der Waals surface area contributed by atoms with Gasteiger partial charge in [0, 0.05) is 0 Å². The van der Waals surface area contributed by atoms with Gasteiger partial charge in [0.1, 0.15) is 12.4 Å². The molecule has 0 aliphatic heterocycles. The largest absolute Gasteiger partial charge is 0.382 e. The van der Waals surface area contributed by atoms with Gasteiger partial charge in [-0.1, -0.05) is 0 Å². The van der Waals surface area contributed by atoms with Crippen molar-refractivity contribution in [1.82, 2.24) is 9.97 Å². The SMILES string of the molecule is NOCc1[nH]cnc1N. The Hall–Kier alpha value is -1.07. The zero-order chi connectivity index (χ0) is 6.69. The van der Waals surface area contributed by atoms with Gasteiger partial charge in [-0.2, -0.15) is 0 Å². The summed E-state index contributed by atoms with van der Waals surface area (Å²) in [4.78, 5) is 10.8. The molecule has 0 bridgehead atoms. The van der Waals surface area contributed by atoms with E-state index in [9.17, 15) is 0 Å². The first kappa shape index (κ1) is 6.06. The summed E-state index contributed by atoms with van der Waals surface area (Å²) in [6.07, 6.45) is 1.49. The first-order chi connectivity index (χ1) is 4.34. The van der Waals surface area contributed by atoms with Crippen molar-refractivity contribution in [2.75, 3.05) is 5.73 Å². The Labute approximate surface area is 52.0 Å². The lowest BCUT2D eigenvalue weighted by Gasteiger charge is -1.92. The van der Waals surface area contributed by atoms with Crippen molar-refractivity contribution in [3.05, 3.63) is 12.0 Å². The third-order valence-electron chi connectivity index (χ3n) is 0.979. The number of nitrogens with one attached hydrogen (secondary N) is 1. The van der Waals surface area contributed by atoms with E-state index >= 15 is 0 Å². The fourth-order valence-corrected chi connectivity index (χ4v) is 0.531. The molecule has 5 heteroatoms. The number of nitrogens with two attached hydrogens (primary N) is 2. The van der Waals surface area contributed by atoms with Crippen molar-refractivity contribution in [1.29, 1.82) is 0 Å². The molecular formula is C4H8N4O. The highest BCUT2D eigenvalue weighted by molar-refractivity contribution is 5.32.